The van der Waals surface area contributed by atoms with Gasteiger partial charge in [0.15, 0.2) is 0 Å². The van der Waals surface area contributed by atoms with Gasteiger partial charge in [0.1, 0.15) is 0 Å². The number of benzene rings is 1. The molecule has 1 N–H and O–H groups in total. The number of piperidine rings is 1. The van der Waals surface area contributed by atoms with Crippen LogP contribution in [0.3, 0.4) is 0 Å². The first-order valence-electron chi connectivity index (χ1n) is 8.01. The van der Waals surface area contributed by atoms with Crippen molar-refractivity contribution in [1.82, 2.24) is 9.88 Å². The van der Waals surface area contributed by atoms with Crippen molar-refractivity contribution in [2.75, 3.05) is 13.1 Å². The van der Waals surface area contributed by atoms with Crippen molar-refractivity contribution in [2.24, 2.45) is 0 Å². The van der Waals surface area contributed by atoms with Gasteiger partial charge in [-0.25, -0.2) is 9.78 Å². The second kappa shape index (κ2) is 6.81. The fourth-order valence-corrected chi connectivity index (χ4v) is 4.27. The lowest BCUT2D eigenvalue weighted by Gasteiger charge is -2.32. The minimum atomic E-state index is -0.863. The van der Waals surface area contributed by atoms with Crippen LogP contribution in [-0.4, -0.2) is 34.0 Å². The summed E-state index contributed by atoms with van der Waals surface area (Å²) >= 11 is 1.79. The lowest BCUT2D eigenvalue weighted by Crippen LogP contribution is -2.33. The fraction of sp³-hybridized carbons (Fsp3) is 0.444. The van der Waals surface area contributed by atoms with Gasteiger partial charge in [-0.3, -0.25) is 4.90 Å². The summed E-state index contributed by atoms with van der Waals surface area (Å²) in [5.41, 5.74) is 2.76. The number of rotatable bonds is 4. The molecule has 5 heteroatoms. The van der Waals surface area contributed by atoms with Gasteiger partial charge in [-0.05, 0) is 56.8 Å². The van der Waals surface area contributed by atoms with E-state index in [0.29, 0.717) is 11.5 Å². The summed E-state index contributed by atoms with van der Waals surface area (Å²) in [5, 5.41) is 10.1. The van der Waals surface area contributed by atoms with Crippen molar-refractivity contribution in [3.8, 4) is 0 Å². The number of hydrogen-bond acceptors (Lipinski definition) is 4. The van der Waals surface area contributed by atoms with Crippen LogP contribution in [0.1, 0.15) is 50.3 Å². The molecular formula is C18H22N2O2S. The number of carboxylic acids is 1. The molecule has 0 radical (unpaired) electrons. The van der Waals surface area contributed by atoms with E-state index in [2.05, 4.69) is 23.7 Å². The summed E-state index contributed by atoms with van der Waals surface area (Å²) < 4.78 is 0. The molecule has 4 nitrogen and oxygen atoms in total. The highest BCUT2D eigenvalue weighted by atomic mass is 32.1. The van der Waals surface area contributed by atoms with Crippen LogP contribution in [0.25, 0.3) is 0 Å². The topological polar surface area (TPSA) is 53.4 Å². The minimum Gasteiger partial charge on any atom is -0.478 e. The fourth-order valence-electron chi connectivity index (χ4n) is 3.29. The molecule has 23 heavy (non-hydrogen) atoms. The smallest absolute Gasteiger partial charge is 0.335 e. The Kier molecular flexibility index (Phi) is 4.78. The van der Waals surface area contributed by atoms with Crippen LogP contribution in [0.5, 0.6) is 0 Å². The Labute approximate surface area is 140 Å². The molecule has 1 aliphatic heterocycles. The maximum atomic E-state index is 11.0. The first-order valence-corrected chi connectivity index (χ1v) is 8.83. The lowest BCUT2D eigenvalue weighted by atomic mass is 9.90. The number of thiazole rings is 1. The van der Waals surface area contributed by atoms with E-state index in [1.807, 2.05) is 12.1 Å². The summed E-state index contributed by atoms with van der Waals surface area (Å²) in [6, 6.07) is 7.38. The number of nitrogens with zero attached hydrogens (tertiary/aromatic N) is 2. The second-order valence-corrected chi connectivity index (χ2v) is 7.53. The van der Waals surface area contributed by atoms with Crippen molar-refractivity contribution < 1.29 is 9.90 Å². The SMILES string of the molecule is Cc1nc(C)c(CN2CCC[C@@H](c3ccc(C(=O)O)cc3)C2)s1. The highest BCUT2D eigenvalue weighted by molar-refractivity contribution is 7.11. The zero-order valence-corrected chi connectivity index (χ0v) is 14.4. The van der Waals surface area contributed by atoms with E-state index in [9.17, 15) is 4.79 Å². The minimum absolute atomic E-state index is 0.358. The van der Waals surface area contributed by atoms with Gasteiger partial charge < -0.3 is 5.11 Å². The average molecular weight is 330 g/mol. The summed E-state index contributed by atoms with van der Waals surface area (Å²) in [6.07, 6.45) is 2.35. The molecule has 0 amide bonds. The molecule has 0 bridgehead atoms. The van der Waals surface area contributed by atoms with E-state index in [4.69, 9.17) is 5.11 Å². The first-order chi connectivity index (χ1) is 11.0. The van der Waals surface area contributed by atoms with Crippen LogP contribution in [0.4, 0.5) is 0 Å². The molecule has 3 rings (SSSR count). The quantitative estimate of drug-likeness (QED) is 0.925. The van der Waals surface area contributed by atoms with Crippen molar-refractivity contribution in [3.63, 3.8) is 0 Å². The molecule has 2 aromatic rings. The summed E-state index contributed by atoms with van der Waals surface area (Å²) in [7, 11) is 0. The molecule has 0 aliphatic carbocycles. The molecule has 0 spiro atoms. The van der Waals surface area contributed by atoms with Crippen LogP contribution < -0.4 is 0 Å². The Hall–Kier alpha value is -1.72. The third kappa shape index (κ3) is 3.79. The van der Waals surface area contributed by atoms with Gasteiger partial charge >= 0.3 is 5.97 Å². The molecule has 1 aromatic carbocycles. The van der Waals surface area contributed by atoms with E-state index in [1.54, 1.807) is 23.5 Å². The Morgan fingerprint density at radius 3 is 2.70 bits per heavy atom. The van der Waals surface area contributed by atoms with Gasteiger partial charge in [-0.15, -0.1) is 11.3 Å². The van der Waals surface area contributed by atoms with Gasteiger partial charge in [0.05, 0.1) is 16.3 Å². The van der Waals surface area contributed by atoms with Gasteiger partial charge in [-0.1, -0.05) is 12.1 Å². The molecule has 1 fully saturated rings. The molecular weight excluding hydrogens is 308 g/mol. The summed E-state index contributed by atoms with van der Waals surface area (Å²) in [4.78, 5) is 19.3. The maximum Gasteiger partial charge on any atom is 0.335 e. The van der Waals surface area contributed by atoms with Crippen molar-refractivity contribution in [1.29, 1.82) is 0 Å². The number of aryl methyl sites for hydroxylation is 2. The molecule has 122 valence electrons. The molecule has 1 atom stereocenters. The number of aromatic carboxylic acids is 1. The van der Waals surface area contributed by atoms with E-state index in [1.165, 1.54) is 23.3 Å². The second-order valence-electron chi connectivity index (χ2n) is 6.24. The Morgan fingerprint density at radius 1 is 1.35 bits per heavy atom. The van der Waals surface area contributed by atoms with Crippen molar-refractivity contribution in [2.45, 2.75) is 39.2 Å². The van der Waals surface area contributed by atoms with E-state index < -0.39 is 5.97 Å². The van der Waals surface area contributed by atoms with Crippen LogP contribution in [-0.2, 0) is 6.54 Å². The van der Waals surface area contributed by atoms with Crippen LogP contribution >= 0.6 is 11.3 Å². The van der Waals surface area contributed by atoms with Crippen molar-refractivity contribution in [3.05, 3.63) is 51.0 Å². The highest BCUT2D eigenvalue weighted by Crippen LogP contribution is 2.29. The predicted molar refractivity (Wildman–Crippen MR) is 92.2 cm³/mol. The molecule has 1 saturated heterocycles. The zero-order valence-electron chi connectivity index (χ0n) is 13.6. The number of aromatic nitrogens is 1. The van der Waals surface area contributed by atoms with E-state index in [0.717, 1.165) is 30.3 Å². The molecule has 2 heterocycles. The zero-order chi connectivity index (χ0) is 16.4. The molecule has 0 saturated carbocycles. The van der Waals surface area contributed by atoms with Gasteiger partial charge in [-0.2, -0.15) is 0 Å². The number of carbonyl (C=O) groups is 1. The monoisotopic (exact) mass is 330 g/mol. The number of carboxylic acid groups (broad SMARTS) is 1. The van der Waals surface area contributed by atoms with Crippen LogP contribution in [0.15, 0.2) is 24.3 Å². The molecule has 1 aromatic heterocycles. The van der Waals surface area contributed by atoms with E-state index >= 15 is 0 Å². The highest BCUT2D eigenvalue weighted by Gasteiger charge is 2.22. The number of hydrogen-bond donors (Lipinski definition) is 1. The first kappa shape index (κ1) is 16.1. The van der Waals surface area contributed by atoms with Crippen LogP contribution in [0.2, 0.25) is 0 Å². The van der Waals surface area contributed by atoms with Gasteiger partial charge in [0, 0.05) is 18.0 Å². The molecule has 0 unspecified atom stereocenters. The average Bonchev–Trinajstić information content (AvgIpc) is 2.85. The third-order valence-electron chi connectivity index (χ3n) is 4.50. The Balaban J connectivity index is 1.68. The summed E-state index contributed by atoms with van der Waals surface area (Å²) in [5.74, 6) is -0.376. The Bertz CT molecular complexity index is 694. The van der Waals surface area contributed by atoms with Gasteiger partial charge in [0.25, 0.3) is 0 Å². The van der Waals surface area contributed by atoms with Crippen LogP contribution in [0, 0.1) is 13.8 Å². The summed E-state index contributed by atoms with van der Waals surface area (Å²) in [6.45, 7) is 7.28. The van der Waals surface area contributed by atoms with Gasteiger partial charge in [0.2, 0.25) is 0 Å². The largest absolute Gasteiger partial charge is 0.478 e. The number of likely N-dealkylation sites (tertiary alicyclic amines) is 1. The molecule has 1 aliphatic rings. The third-order valence-corrected chi connectivity index (χ3v) is 5.56. The van der Waals surface area contributed by atoms with E-state index in [-0.39, 0.29) is 0 Å². The normalized spacial score (nSPS) is 19.0. The lowest BCUT2D eigenvalue weighted by molar-refractivity contribution is 0.0697. The predicted octanol–water partition coefficient (Wildman–Crippen LogP) is 3.84. The van der Waals surface area contributed by atoms with Crippen molar-refractivity contribution >= 4 is 17.3 Å². The standard InChI is InChI=1S/C18H22N2O2S/c1-12-17(23-13(2)19-12)11-20-9-3-4-16(10-20)14-5-7-15(8-6-14)18(21)22/h5-8,16H,3-4,9-11H2,1-2H3,(H,21,22)/t16-/m1/s1. The Morgan fingerprint density at radius 2 is 2.09 bits per heavy atom. The maximum absolute atomic E-state index is 11.0.